The third kappa shape index (κ3) is 2.26. The summed E-state index contributed by atoms with van der Waals surface area (Å²) in [6, 6.07) is 0. The van der Waals surface area contributed by atoms with E-state index in [0.717, 1.165) is 0 Å². The molecule has 0 aromatic heterocycles. The lowest BCUT2D eigenvalue weighted by Gasteiger charge is -2.12. The summed E-state index contributed by atoms with van der Waals surface area (Å²) in [5.74, 6) is -26.0. The van der Waals surface area contributed by atoms with Crippen molar-refractivity contribution in [3.05, 3.63) is 52.4 Å². The van der Waals surface area contributed by atoms with Crippen LogP contribution in [0.15, 0.2) is 0 Å². The van der Waals surface area contributed by atoms with Gasteiger partial charge in [-0.3, -0.25) is 4.94 Å². The smallest absolute Gasteiger partial charge is 0.249 e. The second kappa shape index (κ2) is 5.63. The van der Waals surface area contributed by atoms with Gasteiger partial charge in [0.25, 0.3) is 0 Å². The Kier molecular flexibility index (Phi) is 4.14. The maximum atomic E-state index is 13.6. The van der Waals surface area contributed by atoms with Crippen molar-refractivity contribution >= 4 is 0 Å². The average molecular weight is 350 g/mol. The Hall–Kier alpha value is -2.46. The Labute approximate surface area is 119 Å². The molecule has 0 radical (unpaired) electrons. The van der Waals surface area contributed by atoms with Crippen molar-refractivity contribution in [1.82, 2.24) is 0 Å². The summed E-state index contributed by atoms with van der Waals surface area (Å²) >= 11 is 0. The number of rotatable bonds is 2. The molecule has 0 unspecified atom stereocenters. The lowest BCUT2D eigenvalue weighted by molar-refractivity contribution is -0.0168. The number of hydrogen-bond donors (Lipinski definition) is 0. The molecule has 2 aromatic carbocycles. The third-order valence-corrected chi connectivity index (χ3v) is 2.76. The highest BCUT2D eigenvalue weighted by atomic mass is 19.3. The number of benzene rings is 2. The van der Waals surface area contributed by atoms with Crippen molar-refractivity contribution in [2.75, 3.05) is 0 Å². The fourth-order valence-electron chi connectivity index (χ4n) is 1.72. The molecule has 0 aliphatic rings. The highest BCUT2D eigenvalue weighted by molar-refractivity contribution is 5.68. The van der Waals surface area contributed by atoms with Crippen molar-refractivity contribution in [1.29, 1.82) is 0 Å². The van der Waals surface area contributed by atoms with Crippen LogP contribution >= 0.6 is 0 Å². The molecule has 2 rings (SSSR count). The van der Waals surface area contributed by atoms with Crippen LogP contribution < -0.4 is 4.94 Å². The Morgan fingerprint density at radius 1 is 0.391 bits per heavy atom. The topological polar surface area (TPSA) is 9.23 Å². The van der Waals surface area contributed by atoms with Crippen LogP contribution in [0.1, 0.15) is 0 Å². The molecule has 0 aliphatic carbocycles. The van der Waals surface area contributed by atoms with Crippen LogP contribution in [0.5, 0.6) is 5.75 Å². The first-order valence-corrected chi connectivity index (χ1v) is 5.31. The SMILES string of the molecule is FOc1c(F)c(F)c(-c2c(F)c(F)c(F)c(F)c2F)c(F)c1F. The number of halogens is 10. The highest BCUT2D eigenvalue weighted by Crippen LogP contribution is 2.39. The molecule has 0 aliphatic heterocycles. The Morgan fingerprint density at radius 2 is 0.652 bits per heavy atom. The largest absolute Gasteiger partial charge is 0.288 e. The summed E-state index contributed by atoms with van der Waals surface area (Å²) in [4.78, 5) is 2.53. The monoisotopic (exact) mass is 350 g/mol. The normalized spacial score (nSPS) is 11.0. The fraction of sp³-hybridized carbons (Fsp3) is 0. The van der Waals surface area contributed by atoms with Crippen molar-refractivity contribution < 1.29 is 49.0 Å². The van der Waals surface area contributed by atoms with E-state index in [4.69, 9.17) is 0 Å². The van der Waals surface area contributed by atoms with Gasteiger partial charge < -0.3 is 0 Å². The summed E-state index contributed by atoms with van der Waals surface area (Å²) in [5, 5.41) is 0. The van der Waals surface area contributed by atoms with Crippen LogP contribution in [0.4, 0.5) is 44.0 Å². The summed E-state index contributed by atoms with van der Waals surface area (Å²) in [5.41, 5.74) is -4.52. The lowest BCUT2D eigenvalue weighted by atomic mass is 10.0. The second-order valence-corrected chi connectivity index (χ2v) is 3.98. The third-order valence-electron chi connectivity index (χ3n) is 2.76. The molecule has 124 valence electrons. The van der Waals surface area contributed by atoms with Crippen molar-refractivity contribution in [2.24, 2.45) is 0 Å². The molecule has 0 atom stereocenters. The van der Waals surface area contributed by atoms with Gasteiger partial charge in [-0.25, -0.2) is 30.7 Å². The summed E-state index contributed by atoms with van der Waals surface area (Å²) in [7, 11) is 0. The van der Waals surface area contributed by atoms with Gasteiger partial charge in [0.15, 0.2) is 34.9 Å². The maximum absolute atomic E-state index is 13.6. The molecule has 0 saturated carbocycles. The minimum Gasteiger partial charge on any atom is -0.288 e. The van der Waals surface area contributed by atoms with E-state index in [-0.39, 0.29) is 0 Å². The van der Waals surface area contributed by atoms with Crippen molar-refractivity contribution in [2.45, 2.75) is 0 Å². The van der Waals surface area contributed by atoms with Crippen LogP contribution in [0, 0.1) is 52.4 Å². The molecule has 0 saturated heterocycles. The van der Waals surface area contributed by atoms with Gasteiger partial charge in [-0.05, 0) is 0 Å². The minimum absolute atomic E-state index is 2.23. The van der Waals surface area contributed by atoms with Crippen molar-refractivity contribution in [3.8, 4) is 16.9 Å². The minimum atomic E-state index is -2.69. The van der Waals surface area contributed by atoms with Crippen LogP contribution in [-0.2, 0) is 0 Å². The molecule has 0 N–H and O–H groups in total. The van der Waals surface area contributed by atoms with Crippen molar-refractivity contribution in [3.63, 3.8) is 0 Å². The Bertz CT molecular complexity index is 758. The molecule has 0 fully saturated rings. The first-order valence-electron chi connectivity index (χ1n) is 5.31. The van der Waals surface area contributed by atoms with Crippen LogP contribution in [-0.4, -0.2) is 0 Å². The predicted octanol–water partition coefficient (Wildman–Crippen LogP) is 4.87. The molecular weight excluding hydrogens is 350 g/mol. The second-order valence-electron chi connectivity index (χ2n) is 3.98. The molecule has 0 bridgehead atoms. The van der Waals surface area contributed by atoms with Crippen LogP contribution in [0.25, 0.3) is 11.1 Å². The van der Waals surface area contributed by atoms with Gasteiger partial charge in [0.05, 0.1) is 11.1 Å². The summed E-state index contributed by atoms with van der Waals surface area (Å²) < 4.78 is 131. The van der Waals surface area contributed by atoms with E-state index in [1.165, 1.54) is 0 Å². The average Bonchev–Trinajstić information content (AvgIpc) is 2.53. The zero-order valence-corrected chi connectivity index (χ0v) is 10.2. The van der Waals surface area contributed by atoms with E-state index in [9.17, 15) is 44.0 Å². The van der Waals surface area contributed by atoms with Gasteiger partial charge >= 0.3 is 0 Å². The van der Waals surface area contributed by atoms with E-state index in [2.05, 4.69) is 4.94 Å². The predicted molar refractivity (Wildman–Crippen MR) is 53.2 cm³/mol. The van der Waals surface area contributed by atoms with Gasteiger partial charge in [-0.15, -0.1) is 0 Å². The van der Waals surface area contributed by atoms with E-state index < -0.39 is 69.2 Å². The molecule has 2 aromatic rings. The molecule has 11 heteroatoms. The van der Waals surface area contributed by atoms with Gasteiger partial charge in [-0.1, -0.05) is 0 Å². The summed E-state index contributed by atoms with van der Waals surface area (Å²) in [6.45, 7) is 0. The molecule has 0 heterocycles. The molecule has 23 heavy (non-hydrogen) atoms. The first-order chi connectivity index (χ1) is 10.6. The summed E-state index contributed by atoms with van der Waals surface area (Å²) in [6.07, 6.45) is 0. The van der Waals surface area contributed by atoms with Crippen LogP contribution in [0.2, 0.25) is 0 Å². The van der Waals surface area contributed by atoms with Gasteiger partial charge in [0.2, 0.25) is 23.2 Å². The zero-order chi connectivity index (χ0) is 17.6. The van der Waals surface area contributed by atoms with E-state index in [1.54, 1.807) is 0 Å². The maximum Gasteiger partial charge on any atom is 0.249 e. The lowest BCUT2D eigenvalue weighted by Crippen LogP contribution is -2.09. The van der Waals surface area contributed by atoms with E-state index >= 15 is 0 Å². The molecular formula is C12F10O. The molecule has 1 nitrogen and oxygen atoms in total. The van der Waals surface area contributed by atoms with Gasteiger partial charge in [0, 0.05) is 4.53 Å². The van der Waals surface area contributed by atoms with Crippen LogP contribution in [0.3, 0.4) is 0 Å². The fourth-order valence-corrected chi connectivity index (χ4v) is 1.72. The molecule has 0 spiro atoms. The highest BCUT2D eigenvalue weighted by Gasteiger charge is 2.35. The molecule has 0 amide bonds. The van der Waals surface area contributed by atoms with Gasteiger partial charge in [-0.2, -0.15) is 8.78 Å². The van der Waals surface area contributed by atoms with Gasteiger partial charge in [0.1, 0.15) is 0 Å². The Balaban J connectivity index is 3.01. The number of hydrogen-bond acceptors (Lipinski definition) is 1. The van der Waals surface area contributed by atoms with E-state index in [1.807, 2.05) is 0 Å². The van der Waals surface area contributed by atoms with E-state index in [0.29, 0.717) is 0 Å². The zero-order valence-electron chi connectivity index (χ0n) is 10.2. The quantitative estimate of drug-likeness (QED) is 0.427. The Morgan fingerprint density at radius 3 is 0.957 bits per heavy atom. The first kappa shape index (κ1) is 16.9. The standard InChI is InChI=1S/C12F10O/c13-3-1(4(14)8(18)9(19)7(3)17)2-5(15)10(20)12(23-22)11(21)6(2)16.